The van der Waals surface area contributed by atoms with Crippen molar-refractivity contribution in [2.75, 3.05) is 33.7 Å². The second-order valence-electron chi connectivity index (χ2n) is 5.40. The molecule has 4 nitrogen and oxygen atoms in total. The van der Waals surface area contributed by atoms with Gasteiger partial charge in [-0.1, -0.05) is 0 Å². The molecule has 0 spiro atoms. The zero-order valence-electron chi connectivity index (χ0n) is 11.7. The van der Waals surface area contributed by atoms with E-state index in [2.05, 4.69) is 50.9 Å². The minimum atomic E-state index is 0.235. The molecule has 1 aromatic rings. The maximum atomic E-state index is 5.97. The van der Waals surface area contributed by atoms with Crippen molar-refractivity contribution in [2.45, 2.75) is 24.9 Å². The molecular weight excluding hydrogens is 304 g/mol. The summed E-state index contributed by atoms with van der Waals surface area (Å²) < 4.78 is 1.01. The summed E-state index contributed by atoms with van der Waals surface area (Å²) in [6.07, 6.45) is 6.31. The highest BCUT2D eigenvalue weighted by Gasteiger charge is 2.25. The number of rotatable bonds is 5. The Morgan fingerprint density at radius 1 is 1.58 bits per heavy atom. The molecule has 2 N–H and O–H groups in total. The van der Waals surface area contributed by atoms with Crippen molar-refractivity contribution in [1.29, 1.82) is 0 Å². The highest BCUT2D eigenvalue weighted by Crippen LogP contribution is 2.23. The summed E-state index contributed by atoms with van der Waals surface area (Å²) in [6, 6.07) is 3.00. The van der Waals surface area contributed by atoms with Gasteiger partial charge in [0.2, 0.25) is 0 Å². The number of halogens is 1. The van der Waals surface area contributed by atoms with Gasteiger partial charge in [0.25, 0.3) is 0 Å². The fourth-order valence-electron chi connectivity index (χ4n) is 2.85. The second-order valence-corrected chi connectivity index (χ2v) is 6.32. The van der Waals surface area contributed by atoms with Crippen LogP contribution in [0.3, 0.4) is 0 Å². The second kappa shape index (κ2) is 6.79. The van der Waals surface area contributed by atoms with Gasteiger partial charge in [-0.15, -0.1) is 0 Å². The molecule has 0 radical (unpaired) electrons. The maximum Gasteiger partial charge on any atom is 0.0483 e. The quantitative estimate of drug-likeness (QED) is 0.897. The Morgan fingerprint density at radius 2 is 2.37 bits per heavy atom. The molecule has 1 aliphatic rings. The van der Waals surface area contributed by atoms with E-state index in [0.29, 0.717) is 12.6 Å². The van der Waals surface area contributed by atoms with Crippen molar-refractivity contribution < 1.29 is 0 Å². The average Bonchev–Trinajstić information content (AvgIpc) is 2.76. The smallest absolute Gasteiger partial charge is 0.0483 e. The molecule has 1 fully saturated rings. The number of pyridine rings is 1. The van der Waals surface area contributed by atoms with Gasteiger partial charge >= 0.3 is 0 Å². The summed E-state index contributed by atoms with van der Waals surface area (Å²) in [7, 11) is 4.37. The normalized spacial score (nSPS) is 22.1. The lowest BCUT2D eigenvalue weighted by Gasteiger charge is -2.31. The van der Waals surface area contributed by atoms with Gasteiger partial charge in [0.05, 0.1) is 0 Å². The van der Waals surface area contributed by atoms with Crippen LogP contribution in [0.5, 0.6) is 0 Å². The average molecular weight is 327 g/mol. The summed E-state index contributed by atoms with van der Waals surface area (Å²) in [5.41, 5.74) is 7.15. The lowest BCUT2D eigenvalue weighted by atomic mass is 10.1. The van der Waals surface area contributed by atoms with Gasteiger partial charge in [0.1, 0.15) is 0 Å². The third-order valence-electron chi connectivity index (χ3n) is 4.04. The molecule has 0 amide bonds. The molecule has 1 saturated heterocycles. The van der Waals surface area contributed by atoms with Crippen molar-refractivity contribution in [3.05, 3.63) is 28.5 Å². The number of hydrogen-bond donors (Lipinski definition) is 1. The van der Waals surface area contributed by atoms with E-state index in [1.54, 1.807) is 0 Å². The largest absolute Gasteiger partial charge is 0.329 e. The Morgan fingerprint density at radius 3 is 2.95 bits per heavy atom. The van der Waals surface area contributed by atoms with Crippen LogP contribution in [-0.4, -0.2) is 54.6 Å². The first kappa shape index (κ1) is 14.9. The number of aromatic nitrogens is 1. The molecule has 0 saturated carbocycles. The minimum Gasteiger partial charge on any atom is -0.329 e. The van der Waals surface area contributed by atoms with Crippen molar-refractivity contribution in [3.8, 4) is 0 Å². The molecule has 0 aromatic carbocycles. The molecule has 2 unspecified atom stereocenters. The lowest BCUT2D eigenvalue weighted by molar-refractivity contribution is 0.179. The Kier molecular flexibility index (Phi) is 5.33. The first-order chi connectivity index (χ1) is 9.11. The van der Waals surface area contributed by atoms with E-state index in [9.17, 15) is 0 Å². The van der Waals surface area contributed by atoms with Gasteiger partial charge in [0, 0.05) is 42.0 Å². The summed E-state index contributed by atoms with van der Waals surface area (Å²) >= 11 is 3.48. The van der Waals surface area contributed by atoms with Crippen LogP contribution in [0.2, 0.25) is 0 Å². The van der Waals surface area contributed by atoms with Gasteiger partial charge in [-0.2, -0.15) is 0 Å². The topological polar surface area (TPSA) is 45.4 Å². The zero-order chi connectivity index (χ0) is 13.8. The van der Waals surface area contributed by atoms with Crippen LogP contribution in [-0.2, 0) is 0 Å². The van der Waals surface area contributed by atoms with E-state index in [4.69, 9.17) is 5.73 Å². The minimum absolute atomic E-state index is 0.235. The first-order valence-electron chi connectivity index (χ1n) is 6.83. The molecule has 19 heavy (non-hydrogen) atoms. The molecular formula is C14H23BrN4. The van der Waals surface area contributed by atoms with E-state index < -0.39 is 0 Å². The van der Waals surface area contributed by atoms with E-state index in [-0.39, 0.29) is 6.04 Å². The number of likely N-dealkylation sites (tertiary alicyclic amines) is 1. The summed E-state index contributed by atoms with van der Waals surface area (Å²) in [5, 5.41) is 0. The molecule has 5 heteroatoms. The molecule has 1 aliphatic heterocycles. The molecule has 2 rings (SSSR count). The van der Waals surface area contributed by atoms with Crippen molar-refractivity contribution >= 4 is 15.9 Å². The van der Waals surface area contributed by atoms with E-state index in [1.807, 2.05) is 12.4 Å². The molecule has 2 atom stereocenters. The van der Waals surface area contributed by atoms with Crippen LogP contribution in [0.15, 0.2) is 22.9 Å². The molecule has 1 aromatic heterocycles. The molecule has 2 heterocycles. The molecule has 0 aliphatic carbocycles. The fraction of sp³-hybridized carbons (Fsp3) is 0.643. The molecule has 0 bridgehead atoms. The summed E-state index contributed by atoms with van der Waals surface area (Å²) in [5.74, 6) is 0. The Balaban J connectivity index is 2.04. The van der Waals surface area contributed by atoms with Crippen molar-refractivity contribution in [1.82, 2.24) is 14.8 Å². The monoisotopic (exact) mass is 326 g/mol. The number of likely N-dealkylation sites (N-methyl/N-ethyl adjacent to an activating group) is 2. The van der Waals surface area contributed by atoms with Crippen LogP contribution in [0.4, 0.5) is 0 Å². The van der Waals surface area contributed by atoms with Gasteiger partial charge in [0.15, 0.2) is 0 Å². The standard InChI is InChI=1S/C14H23BrN4/c1-18-5-3-4-13(18)10-19(2)14(7-16)11-6-12(15)9-17-8-11/h6,8-9,13-14H,3-5,7,10,16H2,1-2H3. The maximum absolute atomic E-state index is 5.97. The zero-order valence-corrected chi connectivity index (χ0v) is 13.3. The highest BCUT2D eigenvalue weighted by molar-refractivity contribution is 9.10. The van der Waals surface area contributed by atoms with Crippen molar-refractivity contribution in [3.63, 3.8) is 0 Å². The number of hydrogen-bond acceptors (Lipinski definition) is 4. The Hall–Kier alpha value is -0.490. The van der Waals surface area contributed by atoms with E-state index in [1.165, 1.54) is 24.9 Å². The Bertz CT molecular complexity index is 412. The number of nitrogens with two attached hydrogens (primary N) is 1. The van der Waals surface area contributed by atoms with Gasteiger partial charge in [-0.05, 0) is 61.0 Å². The third-order valence-corrected chi connectivity index (χ3v) is 4.47. The van der Waals surface area contributed by atoms with Gasteiger partial charge in [-0.3, -0.25) is 9.88 Å². The summed E-state index contributed by atoms with van der Waals surface area (Å²) in [4.78, 5) is 9.05. The van der Waals surface area contributed by atoms with E-state index in [0.717, 1.165) is 11.0 Å². The predicted octanol–water partition coefficient (Wildman–Crippen LogP) is 1.87. The van der Waals surface area contributed by atoms with Crippen molar-refractivity contribution in [2.24, 2.45) is 5.73 Å². The van der Waals surface area contributed by atoms with Crippen LogP contribution < -0.4 is 5.73 Å². The predicted molar refractivity (Wildman–Crippen MR) is 82.0 cm³/mol. The van der Waals surface area contributed by atoms with Crippen LogP contribution in [0.1, 0.15) is 24.4 Å². The van der Waals surface area contributed by atoms with Gasteiger partial charge in [-0.25, -0.2) is 0 Å². The SMILES string of the molecule is CN1CCCC1CN(C)C(CN)c1cncc(Br)c1. The van der Waals surface area contributed by atoms with Crippen LogP contribution in [0, 0.1) is 0 Å². The van der Waals surface area contributed by atoms with Gasteiger partial charge < -0.3 is 10.6 Å². The molecule has 106 valence electrons. The highest BCUT2D eigenvalue weighted by atomic mass is 79.9. The van der Waals surface area contributed by atoms with E-state index >= 15 is 0 Å². The summed E-state index contributed by atoms with van der Waals surface area (Å²) in [6.45, 7) is 2.89. The Labute approximate surface area is 124 Å². The van der Waals surface area contributed by atoms with Crippen LogP contribution in [0.25, 0.3) is 0 Å². The first-order valence-corrected chi connectivity index (χ1v) is 7.62. The third kappa shape index (κ3) is 3.75. The lowest BCUT2D eigenvalue weighted by Crippen LogP contribution is -2.40. The van der Waals surface area contributed by atoms with Crippen LogP contribution >= 0.6 is 15.9 Å². The fourth-order valence-corrected chi connectivity index (χ4v) is 3.23. The number of nitrogens with zero attached hydrogens (tertiary/aromatic N) is 3.